The molecule has 0 saturated carbocycles. The number of hydroxylamine groups is 2. The summed E-state index contributed by atoms with van der Waals surface area (Å²) in [5.41, 5.74) is 2.18. The molecule has 1 saturated heterocycles. The monoisotopic (exact) mass is 286 g/mol. The van der Waals surface area contributed by atoms with E-state index in [1.807, 2.05) is 24.3 Å². The minimum atomic E-state index is -0.110. The minimum absolute atomic E-state index is 0.110. The molecular formula is C16H20N3O2+. The third-order valence-electron chi connectivity index (χ3n) is 3.74. The molecule has 0 bridgehead atoms. The summed E-state index contributed by atoms with van der Waals surface area (Å²) in [6, 6.07) is 10.2. The van der Waals surface area contributed by atoms with E-state index in [1.165, 1.54) is 17.7 Å². The topological polar surface area (TPSA) is 37.1 Å². The van der Waals surface area contributed by atoms with Crippen molar-refractivity contribution in [2.24, 2.45) is 0 Å². The summed E-state index contributed by atoms with van der Waals surface area (Å²) in [4.78, 5) is 20.5. The van der Waals surface area contributed by atoms with E-state index in [-0.39, 0.29) is 18.2 Å². The lowest BCUT2D eigenvalue weighted by atomic mass is 9.95. The number of hydrogen-bond acceptors (Lipinski definition) is 3. The van der Waals surface area contributed by atoms with Crippen LogP contribution in [-0.2, 0) is 9.63 Å². The Hall–Kier alpha value is -2.32. The van der Waals surface area contributed by atoms with Crippen LogP contribution in [0, 0.1) is 6.57 Å². The zero-order chi connectivity index (χ0) is 15.2. The third kappa shape index (κ3) is 3.41. The van der Waals surface area contributed by atoms with Crippen molar-refractivity contribution in [2.75, 3.05) is 20.7 Å². The van der Waals surface area contributed by atoms with Crippen LogP contribution >= 0.6 is 0 Å². The first kappa shape index (κ1) is 15.1. The Balaban J connectivity index is 2.19. The summed E-state index contributed by atoms with van der Waals surface area (Å²) in [6.45, 7) is 6.21. The lowest BCUT2D eigenvalue weighted by molar-refractivity contribution is -0.167. The van der Waals surface area contributed by atoms with Gasteiger partial charge < -0.3 is 0 Å². The fraction of sp³-hybridized carbons (Fsp3) is 0.375. The molecule has 0 radical (unpaired) electrons. The normalized spacial score (nSPS) is 19.6. The SMILES string of the molecule is C#[N+]N1CCC(c2ccccc2)/C1=C/CC(=O)N(C)OC. The number of carbonyl (C=O) groups excluding carboxylic acids is 1. The zero-order valence-corrected chi connectivity index (χ0v) is 12.4. The largest absolute Gasteiger partial charge is 0.305 e. The molecule has 5 heteroatoms. The molecule has 1 aromatic rings. The minimum Gasteiger partial charge on any atom is -0.275 e. The van der Waals surface area contributed by atoms with E-state index in [0.29, 0.717) is 0 Å². The van der Waals surface area contributed by atoms with E-state index in [0.717, 1.165) is 18.7 Å². The van der Waals surface area contributed by atoms with Crippen LogP contribution < -0.4 is 0 Å². The fourth-order valence-corrected chi connectivity index (χ4v) is 2.53. The average Bonchev–Trinajstić information content (AvgIpc) is 2.95. The lowest BCUT2D eigenvalue weighted by Crippen LogP contribution is -2.24. The quantitative estimate of drug-likeness (QED) is 0.799. The van der Waals surface area contributed by atoms with Crippen molar-refractivity contribution in [1.82, 2.24) is 10.1 Å². The van der Waals surface area contributed by atoms with Gasteiger partial charge in [0.15, 0.2) is 0 Å². The predicted octanol–water partition coefficient (Wildman–Crippen LogP) is 2.65. The maximum absolute atomic E-state index is 11.8. The first-order valence-corrected chi connectivity index (χ1v) is 6.91. The summed E-state index contributed by atoms with van der Waals surface area (Å²) < 4.78 is 0. The first-order chi connectivity index (χ1) is 10.2. The molecule has 1 aliphatic rings. The highest BCUT2D eigenvalue weighted by Crippen LogP contribution is 2.36. The summed E-state index contributed by atoms with van der Waals surface area (Å²) in [5.74, 6) is 0.111. The van der Waals surface area contributed by atoms with Gasteiger partial charge in [-0.25, -0.2) is 5.06 Å². The van der Waals surface area contributed by atoms with Gasteiger partial charge in [0.05, 0.1) is 24.3 Å². The highest BCUT2D eigenvalue weighted by atomic mass is 16.7. The molecule has 2 rings (SSSR count). The molecule has 110 valence electrons. The third-order valence-corrected chi connectivity index (χ3v) is 3.74. The van der Waals surface area contributed by atoms with E-state index in [2.05, 4.69) is 17.1 Å². The molecule has 0 N–H and O–H groups in total. The first-order valence-electron chi connectivity index (χ1n) is 6.91. The summed E-state index contributed by atoms with van der Waals surface area (Å²) in [6.07, 6.45) is 3.08. The van der Waals surface area contributed by atoms with Crippen LogP contribution in [0.15, 0.2) is 42.1 Å². The van der Waals surface area contributed by atoms with Gasteiger partial charge in [0.1, 0.15) is 0 Å². The second kappa shape index (κ2) is 6.91. The predicted molar refractivity (Wildman–Crippen MR) is 81.3 cm³/mol. The van der Waals surface area contributed by atoms with Crippen LogP contribution in [0.2, 0.25) is 0 Å². The number of rotatable bonds is 4. The smallest absolute Gasteiger partial charge is 0.275 e. The van der Waals surface area contributed by atoms with Crippen molar-refractivity contribution >= 4 is 5.91 Å². The van der Waals surface area contributed by atoms with Gasteiger partial charge in [0.25, 0.3) is 0 Å². The number of hydrogen-bond donors (Lipinski definition) is 0. The Labute approximate surface area is 125 Å². The molecule has 1 aliphatic heterocycles. The molecule has 1 aromatic carbocycles. The molecule has 1 fully saturated rings. The van der Waals surface area contributed by atoms with E-state index in [4.69, 9.17) is 11.4 Å². The van der Waals surface area contributed by atoms with Gasteiger partial charge in [-0.2, -0.15) is 0 Å². The molecule has 1 heterocycles. The van der Waals surface area contributed by atoms with Crippen molar-refractivity contribution in [2.45, 2.75) is 18.8 Å². The van der Waals surface area contributed by atoms with Gasteiger partial charge in [-0.1, -0.05) is 30.3 Å². The Morgan fingerprint density at radius 1 is 1.52 bits per heavy atom. The number of allylic oxidation sites excluding steroid dienone is 1. The zero-order valence-electron chi connectivity index (χ0n) is 12.4. The maximum Gasteiger partial charge on any atom is 0.305 e. The van der Waals surface area contributed by atoms with Gasteiger partial charge in [-0.3, -0.25) is 9.63 Å². The molecular weight excluding hydrogens is 266 g/mol. The fourth-order valence-electron chi connectivity index (χ4n) is 2.53. The number of nitrogens with zero attached hydrogens (tertiary/aromatic N) is 3. The van der Waals surface area contributed by atoms with Crippen LogP contribution in [0.3, 0.4) is 0 Å². The Morgan fingerprint density at radius 2 is 2.24 bits per heavy atom. The highest BCUT2D eigenvalue weighted by molar-refractivity contribution is 5.76. The molecule has 0 spiro atoms. The van der Waals surface area contributed by atoms with Gasteiger partial charge in [0, 0.05) is 19.4 Å². The second-order valence-corrected chi connectivity index (χ2v) is 4.90. The van der Waals surface area contributed by atoms with E-state index in [1.54, 1.807) is 12.1 Å². The summed E-state index contributed by atoms with van der Waals surface area (Å²) in [5, 5.41) is 2.98. The van der Waals surface area contributed by atoms with Crippen molar-refractivity contribution in [3.63, 3.8) is 0 Å². The number of amides is 1. The Bertz CT molecular complexity index is 563. The highest BCUT2D eigenvalue weighted by Gasteiger charge is 2.34. The van der Waals surface area contributed by atoms with Crippen molar-refractivity contribution in [1.29, 1.82) is 0 Å². The Morgan fingerprint density at radius 3 is 2.86 bits per heavy atom. The van der Waals surface area contributed by atoms with Gasteiger partial charge in [0.2, 0.25) is 5.91 Å². The van der Waals surface area contributed by atoms with Crippen LogP contribution in [0.5, 0.6) is 0 Å². The van der Waals surface area contributed by atoms with Gasteiger partial charge >= 0.3 is 6.57 Å². The Kier molecular flexibility index (Phi) is 4.96. The van der Waals surface area contributed by atoms with E-state index < -0.39 is 0 Å². The number of benzene rings is 1. The van der Waals surface area contributed by atoms with Crippen molar-refractivity contribution < 1.29 is 9.63 Å². The van der Waals surface area contributed by atoms with Crippen molar-refractivity contribution in [3.05, 3.63) is 52.6 Å². The lowest BCUT2D eigenvalue weighted by Gasteiger charge is -2.14. The second-order valence-electron chi connectivity index (χ2n) is 4.90. The van der Waals surface area contributed by atoms with Crippen LogP contribution in [0.1, 0.15) is 24.3 Å². The standard InChI is InChI=1S/C16H20N3O2/c1-17-19-12-11-14(13-7-5-4-6-8-13)15(19)9-10-16(20)18(2)21-3/h1,4-9,14H,10-12H2,2-3H3/q+1/b15-9-. The molecule has 0 aliphatic carbocycles. The average molecular weight is 286 g/mol. The summed E-state index contributed by atoms with van der Waals surface area (Å²) >= 11 is 0. The molecule has 1 atom stereocenters. The van der Waals surface area contributed by atoms with E-state index in [9.17, 15) is 4.79 Å². The van der Waals surface area contributed by atoms with Crippen molar-refractivity contribution in [3.8, 4) is 6.57 Å². The van der Waals surface area contributed by atoms with Crippen LogP contribution in [0.25, 0.3) is 4.95 Å². The molecule has 0 aromatic heterocycles. The van der Waals surface area contributed by atoms with E-state index >= 15 is 0 Å². The van der Waals surface area contributed by atoms with Gasteiger partial charge in [-0.15, -0.1) is 0 Å². The molecule has 1 unspecified atom stereocenters. The summed E-state index contributed by atoms with van der Waals surface area (Å²) in [7, 11) is 3.06. The van der Waals surface area contributed by atoms with Gasteiger partial charge in [-0.05, 0) is 23.1 Å². The molecule has 1 amide bonds. The maximum atomic E-state index is 11.8. The van der Waals surface area contributed by atoms with Crippen LogP contribution in [0.4, 0.5) is 0 Å². The molecule has 21 heavy (non-hydrogen) atoms. The molecule has 5 nitrogen and oxygen atoms in total. The van der Waals surface area contributed by atoms with Crippen LogP contribution in [-0.4, -0.2) is 36.7 Å². The number of carbonyl (C=O) groups is 1.